The fourth-order valence-corrected chi connectivity index (χ4v) is 1.56. The van der Waals surface area contributed by atoms with Crippen LogP contribution < -0.4 is 56.9 Å². The summed E-state index contributed by atoms with van der Waals surface area (Å²) in [6.07, 6.45) is 1.50. The SMILES string of the molecule is CCn1c(=S)[nH]c2[nH]ncc2c1=O.[H-].[K+]. The van der Waals surface area contributed by atoms with Gasteiger partial charge in [-0.2, -0.15) is 5.10 Å². The third-order valence-electron chi connectivity index (χ3n) is 1.91. The molecule has 5 nitrogen and oxygen atoms in total. The Hall–Kier alpha value is 0.206. The predicted octanol–water partition coefficient (Wildman–Crippen LogP) is -2.08. The maximum Gasteiger partial charge on any atom is 1.00 e. The number of H-pyrrole nitrogens is 2. The zero-order valence-electron chi connectivity index (χ0n) is 9.00. The molecule has 2 aromatic rings. The van der Waals surface area contributed by atoms with Crippen LogP contribution in [0.2, 0.25) is 0 Å². The molecule has 0 unspecified atom stereocenters. The van der Waals surface area contributed by atoms with Crippen LogP contribution in [0, 0.1) is 4.77 Å². The first-order chi connectivity index (χ1) is 6.24. The van der Waals surface area contributed by atoms with E-state index < -0.39 is 0 Å². The predicted molar refractivity (Wildman–Crippen MR) is 52.3 cm³/mol. The fraction of sp³-hybridized carbons (Fsp3) is 0.286. The summed E-state index contributed by atoms with van der Waals surface area (Å²) in [5, 5.41) is 6.97. The van der Waals surface area contributed by atoms with Crippen molar-refractivity contribution in [2.45, 2.75) is 13.5 Å². The second kappa shape index (κ2) is 4.82. The van der Waals surface area contributed by atoms with Crippen molar-refractivity contribution in [3.05, 3.63) is 21.3 Å². The van der Waals surface area contributed by atoms with Gasteiger partial charge in [-0.1, -0.05) is 0 Å². The van der Waals surface area contributed by atoms with Gasteiger partial charge in [0, 0.05) is 6.54 Å². The Morgan fingerprint density at radius 3 is 3.07 bits per heavy atom. The van der Waals surface area contributed by atoms with Crippen molar-refractivity contribution in [1.29, 1.82) is 0 Å². The molecular formula is C7H9KN4OS. The Balaban J connectivity index is 0.000000980. The zero-order valence-corrected chi connectivity index (χ0v) is 11.9. The van der Waals surface area contributed by atoms with E-state index in [-0.39, 0.29) is 58.4 Å². The van der Waals surface area contributed by atoms with Gasteiger partial charge in [0.15, 0.2) is 4.77 Å². The summed E-state index contributed by atoms with van der Waals surface area (Å²) in [5.41, 5.74) is 0.481. The molecule has 2 rings (SSSR count). The molecule has 14 heavy (non-hydrogen) atoms. The van der Waals surface area contributed by atoms with Gasteiger partial charge in [0.2, 0.25) is 0 Å². The summed E-state index contributed by atoms with van der Waals surface area (Å²) in [6.45, 7) is 2.44. The number of fused-ring (bicyclic) bond motifs is 1. The molecule has 0 saturated carbocycles. The molecule has 2 aromatic heterocycles. The van der Waals surface area contributed by atoms with Crippen LogP contribution in [0.15, 0.2) is 11.0 Å². The van der Waals surface area contributed by atoms with Gasteiger partial charge in [-0.3, -0.25) is 14.5 Å². The van der Waals surface area contributed by atoms with Gasteiger partial charge in [0.25, 0.3) is 5.56 Å². The molecule has 2 N–H and O–H groups in total. The van der Waals surface area contributed by atoms with Gasteiger partial charge in [0.05, 0.1) is 6.20 Å². The van der Waals surface area contributed by atoms with Crippen LogP contribution in [0.1, 0.15) is 8.35 Å². The first-order valence-corrected chi connectivity index (χ1v) is 4.31. The largest absolute Gasteiger partial charge is 1.00 e. The van der Waals surface area contributed by atoms with Crippen LogP contribution >= 0.6 is 12.2 Å². The van der Waals surface area contributed by atoms with Crippen molar-refractivity contribution in [1.82, 2.24) is 19.7 Å². The summed E-state index contributed by atoms with van der Waals surface area (Å²) >= 11 is 4.99. The van der Waals surface area contributed by atoms with Crippen molar-refractivity contribution in [3.8, 4) is 0 Å². The van der Waals surface area contributed by atoms with E-state index in [9.17, 15) is 4.79 Å². The van der Waals surface area contributed by atoms with Crippen LogP contribution in [0.3, 0.4) is 0 Å². The summed E-state index contributed by atoms with van der Waals surface area (Å²) in [6, 6.07) is 0. The molecule has 2 heterocycles. The van der Waals surface area contributed by atoms with Crippen molar-refractivity contribution in [2.75, 3.05) is 0 Å². The molecule has 0 saturated heterocycles. The summed E-state index contributed by atoms with van der Waals surface area (Å²) in [5.74, 6) is 0. The summed E-state index contributed by atoms with van der Waals surface area (Å²) in [7, 11) is 0. The Labute approximate surface area is 129 Å². The van der Waals surface area contributed by atoms with Crippen molar-refractivity contribution in [3.63, 3.8) is 0 Å². The average Bonchev–Trinajstić information content (AvgIpc) is 2.53. The van der Waals surface area contributed by atoms with E-state index in [0.29, 0.717) is 22.3 Å². The number of aromatic amines is 2. The summed E-state index contributed by atoms with van der Waals surface area (Å²) in [4.78, 5) is 14.5. The number of nitrogens with zero attached hydrogens (tertiary/aromatic N) is 2. The van der Waals surface area contributed by atoms with Gasteiger partial charge in [0.1, 0.15) is 11.0 Å². The quantitative estimate of drug-likeness (QED) is 0.441. The van der Waals surface area contributed by atoms with Gasteiger partial charge >= 0.3 is 51.4 Å². The third-order valence-corrected chi connectivity index (χ3v) is 2.23. The summed E-state index contributed by atoms with van der Waals surface area (Å²) < 4.78 is 1.91. The molecule has 0 aliphatic heterocycles. The van der Waals surface area contributed by atoms with Crippen LogP contribution in [0.4, 0.5) is 0 Å². The van der Waals surface area contributed by atoms with E-state index in [0.717, 1.165) is 0 Å². The standard InChI is InChI=1S/C7H8N4OS.K.H/c1-2-11-6(12)4-3-8-10-5(4)9-7(11)13;;/h3H,2H2,1H3,(H2,8,9,10,13);;/q;+1;-1. The van der Waals surface area contributed by atoms with Crippen molar-refractivity contribution < 1.29 is 52.8 Å². The number of aromatic nitrogens is 4. The molecule has 0 bridgehead atoms. The van der Waals surface area contributed by atoms with Crippen LogP contribution in [0.5, 0.6) is 0 Å². The Morgan fingerprint density at radius 1 is 1.71 bits per heavy atom. The van der Waals surface area contributed by atoms with Gasteiger partial charge in [-0.25, -0.2) is 0 Å². The number of hydrogen-bond donors (Lipinski definition) is 2. The molecular weight excluding hydrogens is 227 g/mol. The van der Waals surface area contributed by atoms with E-state index in [1.807, 2.05) is 6.92 Å². The fourth-order valence-electron chi connectivity index (χ4n) is 1.24. The van der Waals surface area contributed by atoms with Crippen molar-refractivity contribution >= 4 is 23.3 Å². The molecule has 0 spiro atoms. The topological polar surface area (TPSA) is 66.5 Å². The van der Waals surface area contributed by atoms with E-state index in [1.54, 1.807) is 0 Å². The minimum absolute atomic E-state index is 0. The third kappa shape index (κ3) is 1.93. The molecule has 0 fully saturated rings. The molecule has 7 heteroatoms. The number of rotatable bonds is 1. The number of nitrogens with one attached hydrogen (secondary N) is 2. The van der Waals surface area contributed by atoms with E-state index in [4.69, 9.17) is 12.2 Å². The van der Waals surface area contributed by atoms with E-state index >= 15 is 0 Å². The van der Waals surface area contributed by atoms with Gasteiger partial charge in [-0.15, -0.1) is 0 Å². The monoisotopic (exact) mass is 236 g/mol. The molecule has 0 radical (unpaired) electrons. The normalized spacial score (nSPS) is 10.1. The van der Waals surface area contributed by atoms with E-state index in [1.165, 1.54) is 10.8 Å². The van der Waals surface area contributed by atoms with Crippen LogP contribution in [-0.4, -0.2) is 19.7 Å². The molecule has 70 valence electrons. The average molecular weight is 236 g/mol. The van der Waals surface area contributed by atoms with Gasteiger partial charge in [-0.05, 0) is 19.1 Å². The molecule has 0 aromatic carbocycles. The Kier molecular flexibility index (Phi) is 4.23. The van der Waals surface area contributed by atoms with Gasteiger partial charge < -0.3 is 6.41 Å². The maximum absolute atomic E-state index is 11.7. The minimum atomic E-state index is -0.102. The van der Waals surface area contributed by atoms with Crippen LogP contribution in [0.25, 0.3) is 11.0 Å². The number of hydrogen-bond acceptors (Lipinski definition) is 3. The maximum atomic E-state index is 11.7. The molecule has 0 aliphatic carbocycles. The second-order valence-electron chi connectivity index (χ2n) is 2.64. The zero-order chi connectivity index (χ0) is 9.42. The van der Waals surface area contributed by atoms with E-state index in [2.05, 4.69) is 15.2 Å². The Bertz CT molecular complexity index is 560. The first-order valence-electron chi connectivity index (χ1n) is 3.90. The molecule has 0 amide bonds. The first kappa shape index (κ1) is 12.3. The minimum Gasteiger partial charge on any atom is -1.00 e. The van der Waals surface area contributed by atoms with Crippen molar-refractivity contribution in [2.24, 2.45) is 0 Å². The Morgan fingerprint density at radius 2 is 2.43 bits per heavy atom. The smallest absolute Gasteiger partial charge is 1.00 e. The second-order valence-corrected chi connectivity index (χ2v) is 3.02. The molecule has 0 atom stereocenters. The molecule has 0 aliphatic rings. The van der Waals surface area contributed by atoms with Crippen LogP contribution in [-0.2, 0) is 6.54 Å².